The highest BCUT2D eigenvalue weighted by Gasteiger charge is 2.10. The van der Waals surface area contributed by atoms with Crippen LogP contribution in [0.1, 0.15) is 38.8 Å². The molecule has 0 saturated heterocycles. The van der Waals surface area contributed by atoms with Crippen molar-refractivity contribution in [2.45, 2.75) is 40.0 Å². The topological polar surface area (TPSA) is 44.9 Å². The number of amides is 1. The molecule has 0 unspecified atom stereocenters. The van der Waals surface area contributed by atoms with Crippen LogP contribution in [0.15, 0.2) is 24.3 Å². The number of benzene rings is 1. The lowest BCUT2D eigenvalue weighted by Gasteiger charge is -2.06. The van der Waals surface area contributed by atoms with Crippen molar-refractivity contribution in [3.8, 4) is 0 Å². The van der Waals surface area contributed by atoms with Crippen LogP contribution in [0.4, 0.5) is 5.69 Å². The van der Waals surface area contributed by atoms with Gasteiger partial charge in [-0.15, -0.1) is 0 Å². The summed E-state index contributed by atoms with van der Waals surface area (Å²) in [5.74, 6) is 0.760. The predicted molar refractivity (Wildman–Crippen MR) is 80.4 cm³/mol. The Labute approximate surface area is 114 Å². The average Bonchev–Trinajstić information content (AvgIpc) is 2.66. The summed E-state index contributed by atoms with van der Waals surface area (Å²) in [6.45, 7) is 6.35. The van der Waals surface area contributed by atoms with E-state index < -0.39 is 0 Å². The van der Waals surface area contributed by atoms with Gasteiger partial charge in [0.05, 0.1) is 5.69 Å². The smallest absolute Gasteiger partial charge is 0.224 e. The number of nitrogens with one attached hydrogen (secondary N) is 2. The third-order valence-electron chi connectivity index (χ3n) is 3.34. The molecule has 2 N–H and O–H groups in total. The second-order valence-electron chi connectivity index (χ2n) is 5.50. The van der Waals surface area contributed by atoms with Crippen LogP contribution >= 0.6 is 0 Å². The van der Waals surface area contributed by atoms with Gasteiger partial charge in [-0.3, -0.25) is 4.79 Å². The fourth-order valence-electron chi connectivity index (χ4n) is 2.31. The highest BCUT2D eigenvalue weighted by atomic mass is 16.1. The molecule has 3 heteroatoms. The van der Waals surface area contributed by atoms with Crippen molar-refractivity contribution >= 4 is 22.5 Å². The molecule has 0 spiro atoms. The molecule has 3 nitrogen and oxygen atoms in total. The van der Waals surface area contributed by atoms with Crippen molar-refractivity contribution in [2.75, 3.05) is 5.32 Å². The van der Waals surface area contributed by atoms with E-state index in [4.69, 9.17) is 0 Å². The molecule has 1 amide bonds. The Morgan fingerprint density at radius 2 is 2.05 bits per heavy atom. The third-order valence-corrected chi connectivity index (χ3v) is 3.34. The molecule has 0 fully saturated rings. The van der Waals surface area contributed by atoms with Crippen molar-refractivity contribution in [3.63, 3.8) is 0 Å². The van der Waals surface area contributed by atoms with Crippen molar-refractivity contribution in [1.82, 2.24) is 4.98 Å². The van der Waals surface area contributed by atoms with Crippen LogP contribution in [0, 0.1) is 12.8 Å². The lowest BCUT2D eigenvalue weighted by molar-refractivity contribution is -0.116. The number of hydrogen-bond donors (Lipinski definition) is 2. The standard InChI is InChI=1S/C16H22N2O/c1-11(2)7-6-10-15(19)18-16-12(3)17-14-9-5-4-8-13(14)16/h4-5,8-9,11,17H,6-7,10H2,1-3H3,(H,18,19). The molecule has 1 aromatic heterocycles. The number of fused-ring (bicyclic) bond motifs is 1. The van der Waals surface area contributed by atoms with Crippen molar-refractivity contribution in [1.29, 1.82) is 0 Å². The minimum absolute atomic E-state index is 0.105. The zero-order valence-electron chi connectivity index (χ0n) is 11.9. The first-order valence-corrected chi connectivity index (χ1v) is 6.95. The first-order valence-electron chi connectivity index (χ1n) is 6.95. The van der Waals surface area contributed by atoms with E-state index in [0.717, 1.165) is 35.1 Å². The Balaban J connectivity index is 2.04. The number of anilines is 1. The zero-order chi connectivity index (χ0) is 13.8. The number of aromatic nitrogens is 1. The second-order valence-corrected chi connectivity index (χ2v) is 5.50. The molecule has 19 heavy (non-hydrogen) atoms. The Bertz CT molecular complexity index is 569. The van der Waals surface area contributed by atoms with Crippen LogP contribution in [0.5, 0.6) is 0 Å². The maximum Gasteiger partial charge on any atom is 0.224 e. The molecule has 1 heterocycles. The van der Waals surface area contributed by atoms with E-state index in [1.807, 2.05) is 31.2 Å². The van der Waals surface area contributed by atoms with Crippen LogP contribution in [0.3, 0.4) is 0 Å². The van der Waals surface area contributed by atoms with Crippen molar-refractivity contribution < 1.29 is 4.79 Å². The number of para-hydroxylation sites is 1. The minimum atomic E-state index is 0.105. The van der Waals surface area contributed by atoms with Crippen LogP contribution < -0.4 is 5.32 Å². The van der Waals surface area contributed by atoms with Gasteiger partial charge in [0.15, 0.2) is 0 Å². The molecule has 0 bridgehead atoms. The van der Waals surface area contributed by atoms with E-state index in [0.29, 0.717) is 12.3 Å². The Morgan fingerprint density at radius 1 is 1.32 bits per heavy atom. The first kappa shape index (κ1) is 13.7. The van der Waals surface area contributed by atoms with Crippen LogP contribution in [-0.4, -0.2) is 10.9 Å². The summed E-state index contributed by atoms with van der Waals surface area (Å²) in [5.41, 5.74) is 3.00. The van der Waals surface area contributed by atoms with E-state index in [-0.39, 0.29) is 5.91 Å². The molecule has 1 aromatic carbocycles. The third kappa shape index (κ3) is 3.37. The monoisotopic (exact) mass is 258 g/mol. The van der Waals surface area contributed by atoms with E-state index in [9.17, 15) is 4.79 Å². The fraction of sp³-hybridized carbons (Fsp3) is 0.438. The molecular formula is C16H22N2O. The van der Waals surface area contributed by atoms with Gasteiger partial charge in [0.2, 0.25) is 5.91 Å². The molecule has 0 atom stereocenters. The summed E-state index contributed by atoms with van der Waals surface area (Å²) in [7, 11) is 0. The quantitative estimate of drug-likeness (QED) is 0.827. The molecule has 102 valence electrons. The number of carbonyl (C=O) groups excluding carboxylic acids is 1. The largest absolute Gasteiger partial charge is 0.357 e. The number of aromatic amines is 1. The van der Waals surface area contributed by atoms with E-state index in [2.05, 4.69) is 24.1 Å². The summed E-state index contributed by atoms with van der Waals surface area (Å²) >= 11 is 0. The Morgan fingerprint density at radius 3 is 2.79 bits per heavy atom. The normalized spacial score (nSPS) is 11.2. The molecule has 0 aliphatic rings. The Kier molecular flexibility index (Phi) is 4.25. The molecule has 0 aliphatic carbocycles. The van der Waals surface area contributed by atoms with Gasteiger partial charge in [0.25, 0.3) is 0 Å². The number of rotatable bonds is 5. The van der Waals surface area contributed by atoms with Gasteiger partial charge in [0, 0.05) is 23.0 Å². The summed E-state index contributed by atoms with van der Waals surface area (Å²) in [5, 5.41) is 4.12. The molecular weight excluding hydrogens is 236 g/mol. The van der Waals surface area contributed by atoms with E-state index in [1.54, 1.807) is 0 Å². The maximum atomic E-state index is 12.0. The van der Waals surface area contributed by atoms with Gasteiger partial charge in [-0.1, -0.05) is 38.5 Å². The number of aryl methyl sites for hydroxylation is 1. The zero-order valence-corrected chi connectivity index (χ0v) is 11.9. The van der Waals surface area contributed by atoms with Gasteiger partial charge in [-0.2, -0.15) is 0 Å². The summed E-state index contributed by atoms with van der Waals surface area (Å²) < 4.78 is 0. The second kappa shape index (κ2) is 5.91. The number of H-pyrrole nitrogens is 1. The molecule has 0 aliphatic heterocycles. The lowest BCUT2D eigenvalue weighted by atomic mass is 10.1. The van der Waals surface area contributed by atoms with E-state index >= 15 is 0 Å². The fourth-order valence-corrected chi connectivity index (χ4v) is 2.31. The van der Waals surface area contributed by atoms with Gasteiger partial charge in [-0.25, -0.2) is 0 Å². The highest BCUT2D eigenvalue weighted by molar-refractivity contribution is 6.02. The first-order chi connectivity index (χ1) is 9.08. The van der Waals surface area contributed by atoms with Gasteiger partial charge >= 0.3 is 0 Å². The van der Waals surface area contributed by atoms with Crippen LogP contribution in [-0.2, 0) is 4.79 Å². The van der Waals surface area contributed by atoms with Crippen LogP contribution in [0.25, 0.3) is 10.9 Å². The Hall–Kier alpha value is -1.77. The van der Waals surface area contributed by atoms with Crippen molar-refractivity contribution in [2.24, 2.45) is 5.92 Å². The lowest BCUT2D eigenvalue weighted by Crippen LogP contribution is -2.11. The minimum Gasteiger partial charge on any atom is -0.357 e. The maximum absolute atomic E-state index is 12.0. The molecule has 2 rings (SSSR count). The SMILES string of the molecule is Cc1[nH]c2ccccc2c1NC(=O)CCCC(C)C. The predicted octanol–water partition coefficient (Wildman–Crippen LogP) is 4.24. The highest BCUT2D eigenvalue weighted by Crippen LogP contribution is 2.27. The van der Waals surface area contributed by atoms with Crippen LogP contribution in [0.2, 0.25) is 0 Å². The number of hydrogen-bond acceptors (Lipinski definition) is 1. The van der Waals surface area contributed by atoms with Gasteiger partial charge < -0.3 is 10.3 Å². The summed E-state index contributed by atoms with van der Waals surface area (Å²) in [6.07, 6.45) is 2.64. The summed E-state index contributed by atoms with van der Waals surface area (Å²) in [4.78, 5) is 15.3. The molecule has 0 saturated carbocycles. The van der Waals surface area contributed by atoms with Gasteiger partial charge in [0.1, 0.15) is 0 Å². The molecule has 0 radical (unpaired) electrons. The van der Waals surface area contributed by atoms with E-state index in [1.165, 1.54) is 0 Å². The van der Waals surface area contributed by atoms with Crippen molar-refractivity contribution in [3.05, 3.63) is 30.0 Å². The summed E-state index contributed by atoms with van der Waals surface area (Å²) in [6, 6.07) is 8.04. The number of carbonyl (C=O) groups is 1. The molecule has 2 aromatic rings. The van der Waals surface area contributed by atoms with Gasteiger partial charge in [-0.05, 0) is 25.3 Å². The average molecular weight is 258 g/mol.